The molecule has 0 aliphatic carbocycles. The molecule has 0 spiro atoms. The van der Waals surface area contributed by atoms with Gasteiger partial charge in [0.2, 0.25) is 5.91 Å². The van der Waals surface area contributed by atoms with Crippen molar-refractivity contribution in [1.29, 1.82) is 0 Å². The molecule has 9 heterocycles. The van der Waals surface area contributed by atoms with Gasteiger partial charge in [-0.15, -0.1) is 6.58 Å². The minimum absolute atomic E-state index is 0.0532. The van der Waals surface area contributed by atoms with Crippen molar-refractivity contribution in [2.75, 3.05) is 114 Å². The molecular formula is C105H113FN24O9. The SMILES string of the molecule is C=CCN(c1cc(F)cc(OC)c1)c1ccc2ncc(-c3cnn(C)c3)nc2c1.COc1cc(OC)cc(N(C/C(=N\O)C(C)C)c2ccc3ncc(-c4cnn(C)c4)nc3c2)c1.COc1cc(OC)cc(N(CCCN2CCCC(C(N)=O)C2)c2ccc3ncc(-c4cnn(C)c4)nc3c2)c1.COc1cc(OC)cc(N(c2ccc(NC(C)C)cc2)c2ccc3ncc(-c4cnn(C)c4)nc3c2)c1. The van der Waals surface area contributed by atoms with Gasteiger partial charge in [0.15, 0.2) is 0 Å². The average molecular weight is 1870 g/mol. The Balaban J connectivity index is 0.000000141. The van der Waals surface area contributed by atoms with Gasteiger partial charge in [0.05, 0.1) is 190 Å². The van der Waals surface area contributed by atoms with E-state index in [0.717, 1.165) is 186 Å². The predicted molar refractivity (Wildman–Crippen MR) is 544 cm³/mol. The van der Waals surface area contributed by atoms with E-state index in [0.29, 0.717) is 70.8 Å². The van der Waals surface area contributed by atoms with Crippen LogP contribution in [0, 0.1) is 17.7 Å². The third kappa shape index (κ3) is 24.0. The highest BCUT2D eigenvalue weighted by Gasteiger charge is 2.27. The first-order chi connectivity index (χ1) is 67.3. The van der Waals surface area contributed by atoms with Crippen molar-refractivity contribution in [3.63, 3.8) is 0 Å². The van der Waals surface area contributed by atoms with Gasteiger partial charge in [0, 0.05) is 219 Å². The lowest BCUT2D eigenvalue weighted by Crippen LogP contribution is -2.42. The minimum atomic E-state index is -0.368. The second kappa shape index (κ2) is 44.7. The van der Waals surface area contributed by atoms with E-state index in [2.05, 4.69) is 128 Å². The molecule has 8 aromatic heterocycles. The molecule has 1 amide bonds. The van der Waals surface area contributed by atoms with Crippen LogP contribution < -0.4 is 63.8 Å². The summed E-state index contributed by atoms with van der Waals surface area (Å²) in [5.74, 6) is 4.03. The van der Waals surface area contributed by atoms with Crippen LogP contribution in [0.2, 0.25) is 0 Å². The van der Waals surface area contributed by atoms with Crippen molar-refractivity contribution in [3.8, 4) is 85.3 Å². The van der Waals surface area contributed by atoms with E-state index < -0.39 is 0 Å². The van der Waals surface area contributed by atoms with Crippen LogP contribution >= 0.6 is 0 Å². The number of benzene rings is 9. The van der Waals surface area contributed by atoms with Crippen molar-refractivity contribution in [3.05, 3.63) is 263 Å². The standard InChI is InChI=1S/C29H35N7O3.C29H30N6O2.C25H28N6O3.C22H20FN5O/c1-34-18-21(16-32-34)28-17-31-26-8-7-22(14-27(26)33-28)36(23-12-24(38-2)15-25(13-23)39-3)11-5-10-35-9-4-6-20(19-35)29(30)37;1-19(2)32-21-6-8-22(9-7-21)35(24-12-25(36-4)15-26(13-24)37-5)23-10-11-27-28(14-23)33-29(17-30-27)20-16-31-34(3)18-20;1-16(2)25(29-32)15-31(19-8-20(33-4)11-21(9-19)34-5)18-6-7-22-23(10-18)28-24(13-26-22)17-12-27-30(3)14-17;1-4-7-28(18-8-16(23)9-19(10-18)29-3)17-5-6-20-21(11-17)26-22(13-24-20)15-12-25-27(2)14-15/h7-8,12-18,20H,4-6,9-11,19H2,1-3H3,(H2,30,37);6-19,32H,1-5H3;6-14,16,32H,15H2,1-5H3;4-6,8-14H,1,7H2,2-3H3/b;;29-25+;. The molecule has 34 heteroatoms. The Bertz CT molecular complexity index is 7120. The number of methoxy groups -OCH3 is 7. The van der Waals surface area contributed by atoms with E-state index in [1.54, 1.807) is 123 Å². The molecule has 1 atom stereocenters. The molecule has 0 bridgehead atoms. The number of likely N-dealkylation sites (tertiary alicyclic amines) is 1. The summed E-state index contributed by atoms with van der Waals surface area (Å²) >= 11 is 0. The van der Waals surface area contributed by atoms with Crippen LogP contribution in [0.25, 0.3) is 89.2 Å². The van der Waals surface area contributed by atoms with E-state index in [1.165, 1.54) is 19.2 Å². The summed E-state index contributed by atoms with van der Waals surface area (Å²) in [7, 11) is 18.9. The van der Waals surface area contributed by atoms with Crippen LogP contribution in [0.1, 0.15) is 47.0 Å². The number of primary amides is 1. The maximum Gasteiger partial charge on any atom is 0.221 e. The number of rotatable bonds is 32. The van der Waals surface area contributed by atoms with Gasteiger partial charge >= 0.3 is 0 Å². The highest BCUT2D eigenvalue weighted by Crippen LogP contribution is 2.43. The largest absolute Gasteiger partial charge is 0.497 e. The number of hydrogen-bond donors (Lipinski definition) is 3. The summed E-state index contributed by atoms with van der Waals surface area (Å²) < 4.78 is 59.5. The number of nitrogens with zero attached hydrogens (tertiary/aromatic N) is 22. The third-order valence-electron chi connectivity index (χ3n) is 23.4. The number of halogens is 1. The zero-order chi connectivity index (χ0) is 97.9. The van der Waals surface area contributed by atoms with E-state index >= 15 is 0 Å². The Morgan fingerprint density at radius 2 is 0.820 bits per heavy atom. The topological polar surface area (TPSA) is 343 Å². The van der Waals surface area contributed by atoms with Crippen molar-refractivity contribution >= 4 is 113 Å². The summed E-state index contributed by atoms with van der Waals surface area (Å²) in [6, 6.07) is 54.6. The molecule has 1 saturated heterocycles. The second-order valence-electron chi connectivity index (χ2n) is 33.8. The number of amides is 1. The highest BCUT2D eigenvalue weighted by molar-refractivity contribution is 5.94. The molecule has 33 nitrogen and oxygen atoms in total. The number of piperidine rings is 1. The van der Waals surface area contributed by atoms with E-state index in [9.17, 15) is 14.4 Å². The molecule has 0 saturated carbocycles. The molecule has 1 unspecified atom stereocenters. The first-order valence-electron chi connectivity index (χ1n) is 45.3. The summed E-state index contributed by atoms with van der Waals surface area (Å²) in [6.07, 6.45) is 26.3. The van der Waals surface area contributed by atoms with E-state index in [1.807, 2.05) is 186 Å². The Kier molecular flexibility index (Phi) is 31.1. The number of carbonyl (C=O) groups excluding carboxylic acids is 1. The third-order valence-corrected chi connectivity index (χ3v) is 23.4. The molecule has 9 aromatic carbocycles. The Morgan fingerprint density at radius 1 is 0.460 bits per heavy atom. The molecular weight excluding hydrogens is 1760 g/mol. The molecule has 17 aromatic rings. The smallest absolute Gasteiger partial charge is 0.221 e. The maximum atomic E-state index is 14.1. The number of nitrogens with two attached hydrogens (primary N) is 1. The van der Waals surface area contributed by atoms with Crippen molar-refractivity contribution in [1.82, 2.24) is 83.9 Å². The van der Waals surface area contributed by atoms with Gasteiger partial charge in [-0.2, -0.15) is 20.4 Å². The molecule has 714 valence electrons. The number of fused-ring (bicyclic) bond motifs is 4. The number of aryl methyl sites for hydroxylation is 4. The molecule has 0 radical (unpaired) electrons. The monoisotopic (exact) mass is 1870 g/mol. The van der Waals surface area contributed by atoms with Crippen LogP contribution in [0.5, 0.6) is 40.2 Å². The van der Waals surface area contributed by atoms with Crippen molar-refractivity contribution in [2.24, 2.45) is 50.9 Å². The van der Waals surface area contributed by atoms with Crippen LogP contribution in [0.15, 0.2) is 262 Å². The number of carbonyl (C=O) groups is 1. The normalized spacial score (nSPS) is 12.5. The highest BCUT2D eigenvalue weighted by atomic mass is 19.1. The lowest BCUT2D eigenvalue weighted by Gasteiger charge is -2.32. The van der Waals surface area contributed by atoms with E-state index in [4.69, 9.17) is 58.8 Å². The lowest BCUT2D eigenvalue weighted by atomic mass is 9.97. The van der Waals surface area contributed by atoms with Crippen molar-refractivity contribution < 1.29 is 47.6 Å². The number of hydrogen-bond acceptors (Lipinski definition) is 28. The quantitative estimate of drug-likeness (QED) is 0.0153. The van der Waals surface area contributed by atoms with Gasteiger partial charge in [-0.05, 0) is 155 Å². The van der Waals surface area contributed by atoms with Crippen LogP contribution in [0.3, 0.4) is 0 Å². The first kappa shape index (κ1) is 96.9. The fourth-order valence-corrected chi connectivity index (χ4v) is 16.2. The molecule has 1 aliphatic heterocycles. The summed E-state index contributed by atoms with van der Waals surface area (Å²) in [4.78, 5) is 60.2. The Hall–Kier alpha value is -16.7. The maximum absolute atomic E-state index is 14.1. The number of anilines is 10. The van der Waals surface area contributed by atoms with Gasteiger partial charge < -0.3 is 73.9 Å². The molecule has 1 aliphatic rings. The van der Waals surface area contributed by atoms with Gasteiger partial charge in [0.1, 0.15) is 46.1 Å². The fraction of sp³-hybridized carbons (Fsp3) is 0.257. The van der Waals surface area contributed by atoms with Gasteiger partial charge in [-0.1, -0.05) is 25.1 Å². The lowest BCUT2D eigenvalue weighted by molar-refractivity contribution is -0.123. The first-order valence-corrected chi connectivity index (χ1v) is 45.3. The molecule has 1 fully saturated rings. The number of oxime groups is 1. The summed E-state index contributed by atoms with van der Waals surface area (Å²) in [5, 5.41) is 33.6. The van der Waals surface area contributed by atoms with Gasteiger partial charge in [-0.3, -0.25) is 43.5 Å². The average Bonchev–Trinajstić information content (AvgIpc) is 1.64. The number of aromatic nitrogens is 16. The Labute approximate surface area is 805 Å². The van der Waals surface area contributed by atoms with Crippen LogP contribution in [-0.2, 0) is 33.0 Å². The van der Waals surface area contributed by atoms with Crippen LogP contribution in [-0.4, -0.2) is 196 Å². The van der Waals surface area contributed by atoms with Crippen molar-refractivity contribution in [2.45, 2.75) is 53.0 Å². The summed E-state index contributed by atoms with van der Waals surface area (Å²) in [6.45, 7) is 16.3. The predicted octanol–water partition coefficient (Wildman–Crippen LogP) is 19.3. The minimum Gasteiger partial charge on any atom is -0.497 e. The second-order valence-corrected chi connectivity index (χ2v) is 33.8. The Morgan fingerprint density at radius 3 is 1.19 bits per heavy atom. The molecule has 18 rings (SSSR count). The zero-order valence-electron chi connectivity index (χ0n) is 80.5. The molecule has 4 N–H and O–H groups in total. The molecule has 139 heavy (non-hydrogen) atoms. The summed E-state index contributed by atoms with van der Waals surface area (Å²) in [5.41, 5.74) is 28.2. The fourth-order valence-electron chi connectivity index (χ4n) is 16.2. The van der Waals surface area contributed by atoms with E-state index in [-0.39, 0.29) is 23.6 Å². The van der Waals surface area contributed by atoms with Gasteiger partial charge in [-0.25, -0.2) is 24.3 Å². The van der Waals surface area contributed by atoms with Crippen LogP contribution in [0.4, 0.5) is 61.3 Å². The number of nitrogens with one attached hydrogen (secondary N) is 1. The zero-order valence-corrected chi connectivity index (χ0v) is 80.5. The van der Waals surface area contributed by atoms with Gasteiger partial charge in [0.25, 0.3) is 0 Å². The number of ether oxygens (including phenoxy) is 7.